The summed E-state index contributed by atoms with van der Waals surface area (Å²) in [4.78, 5) is 24.4. The Bertz CT molecular complexity index is 998. The summed E-state index contributed by atoms with van der Waals surface area (Å²) < 4.78 is 5.16. The molecule has 7 heteroatoms. The highest BCUT2D eigenvalue weighted by molar-refractivity contribution is 6.31. The van der Waals surface area contributed by atoms with E-state index in [0.717, 1.165) is 5.56 Å². The number of nitrogens with one attached hydrogen (secondary N) is 1. The van der Waals surface area contributed by atoms with Gasteiger partial charge in [-0.05, 0) is 42.0 Å². The summed E-state index contributed by atoms with van der Waals surface area (Å²) >= 11 is 11.6. The van der Waals surface area contributed by atoms with Crippen LogP contribution in [0.15, 0.2) is 51.7 Å². The lowest BCUT2D eigenvalue weighted by molar-refractivity contribution is 0.102. The van der Waals surface area contributed by atoms with E-state index in [0.29, 0.717) is 21.9 Å². The molecule has 1 heterocycles. The van der Waals surface area contributed by atoms with Crippen LogP contribution in [-0.2, 0) is 5.88 Å². The van der Waals surface area contributed by atoms with Crippen LogP contribution >= 0.6 is 23.2 Å². The van der Waals surface area contributed by atoms with E-state index in [1.807, 2.05) is 0 Å². The van der Waals surface area contributed by atoms with E-state index >= 15 is 0 Å². The lowest BCUT2D eigenvalue weighted by Crippen LogP contribution is -2.20. The molecular formula is C17H11Cl2NO4. The Morgan fingerprint density at radius 3 is 2.71 bits per heavy atom. The van der Waals surface area contributed by atoms with Crippen molar-refractivity contribution in [2.24, 2.45) is 0 Å². The molecule has 0 bridgehead atoms. The van der Waals surface area contributed by atoms with Gasteiger partial charge >= 0.3 is 5.63 Å². The standard InChI is InChI=1S/C17H11Cl2NO4/c18-8-9-1-4-15-10(5-9)6-12(17(23)24-15)16(22)20-13-7-11(19)2-3-14(13)21/h1-7,21H,8H2,(H,20,22). The Labute approximate surface area is 146 Å². The van der Waals surface area contributed by atoms with E-state index in [2.05, 4.69) is 5.32 Å². The third-order valence-electron chi connectivity index (χ3n) is 3.40. The molecule has 0 aliphatic carbocycles. The van der Waals surface area contributed by atoms with E-state index in [9.17, 15) is 14.7 Å². The Balaban J connectivity index is 2.01. The highest BCUT2D eigenvalue weighted by Crippen LogP contribution is 2.27. The Morgan fingerprint density at radius 2 is 1.96 bits per heavy atom. The van der Waals surface area contributed by atoms with Gasteiger partial charge in [-0.3, -0.25) is 4.79 Å². The maximum absolute atomic E-state index is 12.3. The van der Waals surface area contributed by atoms with Crippen molar-refractivity contribution in [1.82, 2.24) is 0 Å². The number of alkyl halides is 1. The normalized spacial score (nSPS) is 10.8. The molecule has 0 unspecified atom stereocenters. The average molecular weight is 364 g/mol. The third kappa shape index (κ3) is 3.22. The molecule has 0 aliphatic heterocycles. The van der Waals surface area contributed by atoms with E-state index in [1.54, 1.807) is 18.2 Å². The van der Waals surface area contributed by atoms with Gasteiger partial charge in [-0.1, -0.05) is 17.7 Å². The van der Waals surface area contributed by atoms with Gasteiger partial charge in [0.25, 0.3) is 5.91 Å². The minimum absolute atomic E-state index is 0.0986. The van der Waals surface area contributed by atoms with Crippen molar-refractivity contribution in [3.8, 4) is 5.75 Å². The topological polar surface area (TPSA) is 79.5 Å². The minimum Gasteiger partial charge on any atom is -0.506 e. The number of carbonyl (C=O) groups is 1. The Hall–Kier alpha value is -2.50. The van der Waals surface area contributed by atoms with Crippen molar-refractivity contribution in [2.75, 3.05) is 5.32 Å². The first-order valence-corrected chi connectivity index (χ1v) is 7.82. The molecule has 0 aliphatic rings. The first kappa shape index (κ1) is 16.4. The van der Waals surface area contributed by atoms with Gasteiger partial charge in [-0.25, -0.2) is 4.79 Å². The van der Waals surface area contributed by atoms with E-state index in [4.69, 9.17) is 27.6 Å². The SMILES string of the molecule is O=C(Nc1cc(Cl)ccc1O)c1cc2cc(CCl)ccc2oc1=O. The number of aromatic hydroxyl groups is 1. The molecule has 24 heavy (non-hydrogen) atoms. The third-order valence-corrected chi connectivity index (χ3v) is 3.95. The predicted octanol–water partition coefficient (Wildman–Crippen LogP) is 4.14. The molecule has 1 aromatic heterocycles. The highest BCUT2D eigenvalue weighted by Gasteiger charge is 2.16. The van der Waals surface area contributed by atoms with Crippen LogP contribution in [0.25, 0.3) is 11.0 Å². The van der Waals surface area contributed by atoms with Crippen molar-refractivity contribution in [1.29, 1.82) is 0 Å². The number of fused-ring (bicyclic) bond motifs is 1. The summed E-state index contributed by atoms with van der Waals surface area (Å²) in [5.74, 6) is -0.575. The van der Waals surface area contributed by atoms with Gasteiger partial charge in [0.05, 0.1) is 5.69 Å². The zero-order chi connectivity index (χ0) is 17.3. The molecule has 0 saturated heterocycles. The molecule has 122 valence electrons. The molecule has 2 aromatic carbocycles. The van der Waals surface area contributed by atoms with Gasteiger partial charge in [0.2, 0.25) is 0 Å². The van der Waals surface area contributed by atoms with E-state index < -0.39 is 11.5 Å². The monoisotopic (exact) mass is 363 g/mol. The lowest BCUT2D eigenvalue weighted by atomic mass is 10.1. The average Bonchev–Trinajstić information content (AvgIpc) is 2.57. The Morgan fingerprint density at radius 1 is 1.17 bits per heavy atom. The number of halogens is 2. The van der Waals surface area contributed by atoms with Crippen molar-refractivity contribution in [2.45, 2.75) is 5.88 Å². The van der Waals surface area contributed by atoms with Crippen LogP contribution in [0.1, 0.15) is 15.9 Å². The number of rotatable bonds is 3. The van der Waals surface area contributed by atoms with Gasteiger partial charge in [0.15, 0.2) is 0 Å². The largest absolute Gasteiger partial charge is 0.506 e. The quantitative estimate of drug-likeness (QED) is 0.416. The second-order valence-electron chi connectivity index (χ2n) is 5.07. The summed E-state index contributed by atoms with van der Waals surface area (Å²) in [6.07, 6.45) is 0. The zero-order valence-corrected chi connectivity index (χ0v) is 13.7. The Kier molecular flexibility index (Phi) is 4.46. The molecule has 0 spiro atoms. The molecule has 0 saturated carbocycles. The van der Waals surface area contributed by atoms with Crippen LogP contribution in [0.4, 0.5) is 5.69 Å². The number of amides is 1. The first-order chi connectivity index (χ1) is 11.5. The summed E-state index contributed by atoms with van der Waals surface area (Å²) in [6.45, 7) is 0. The fourth-order valence-electron chi connectivity index (χ4n) is 2.21. The number of phenolic OH excluding ortho intramolecular Hbond substituents is 1. The fraction of sp³-hybridized carbons (Fsp3) is 0.0588. The summed E-state index contributed by atoms with van der Waals surface area (Å²) in [7, 11) is 0. The number of hydrogen-bond acceptors (Lipinski definition) is 4. The second kappa shape index (κ2) is 6.55. The zero-order valence-electron chi connectivity index (χ0n) is 12.2. The molecule has 5 nitrogen and oxygen atoms in total. The van der Waals surface area contributed by atoms with Crippen LogP contribution in [0, 0.1) is 0 Å². The first-order valence-electron chi connectivity index (χ1n) is 6.90. The van der Waals surface area contributed by atoms with Crippen molar-refractivity contribution < 1.29 is 14.3 Å². The van der Waals surface area contributed by atoms with Gasteiger partial charge in [-0.15, -0.1) is 11.6 Å². The van der Waals surface area contributed by atoms with Crippen LogP contribution in [-0.4, -0.2) is 11.0 Å². The summed E-state index contributed by atoms with van der Waals surface area (Å²) in [5, 5.41) is 13.1. The maximum atomic E-state index is 12.3. The number of hydrogen-bond donors (Lipinski definition) is 2. The van der Waals surface area contributed by atoms with E-state index in [1.165, 1.54) is 24.3 Å². The molecule has 0 radical (unpaired) electrons. The molecule has 3 rings (SSSR count). The van der Waals surface area contributed by atoms with E-state index in [-0.39, 0.29) is 17.0 Å². The van der Waals surface area contributed by atoms with Gasteiger partial charge in [-0.2, -0.15) is 0 Å². The predicted molar refractivity (Wildman–Crippen MR) is 93.1 cm³/mol. The van der Waals surface area contributed by atoms with Crippen LogP contribution in [0.5, 0.6) is 5.75 Å². The maximum Gasteiger partial charge on any atom is 0.349 e. The number of anilines is 1. The second-order valence-corrected chi connectivity index (χ2v) is 5.77. The van der Waals surface area contributed by atoms with Gasteiger partial charge in [0.1, 0.15) is 16.9 Å². The number of carbonyl (C=O) groups excluding carboxylic acids is 1. The van der Waals surface area contributed by atoms with Gasteiger partial charge < -0.3 is 14.8 Å². The number of benzene rings is 2. The molecular weight excluding hydrogens is 353 g/mol. The number of phenols is 1. The summed E-state index contributed by atoms with van der Waals surface area (Å²) in [5.41, 5.74) is 0.322. The van der Waals surface area contributed by atoms with Gasteiger partial charge in [0, 0.05) is 16.3 Å². The molecule has 2 N–H and O–H groups in total. The minimum atomic E-state index is -0.778. The fourth-order valence-corrected chi connectivity index (χ4v) is 2.55. The van der Waals surface area contributed by atoms with Crippen LogP contribution < -0.4 is 10.9 Å². The molecule has 1 amide bonds. The molecule has 0 atom stereocenters. The molecule has 3 aromatic rings. The van der Waals surface area contributed by atoms with Crippen LogP contribution in [0.2, 0.25) is 5.02 Å². The molecule has 0 fully saturated rings. The summed E-state index contributed by atoms with van der Waals surface area (Å²) in [6, 6.07) is 10.7. The smallest absolute Gasteiger partial charge is 0.349 e. The van der Waals surface area contributed by atoms with Crippen LogP contribution in [0.3, 0.4) is 0 Å². The van der Waals surface area contributed by atoms with Crippen molar-refractivity contribution in [3.63, 3.8) is 0 Å². The van der Waals surface area contributed by atoms with Crippen molar-refractivity contribution in [3.05, 3.63) is 69.0 Å². The highest BCUT2D eigenvalue weighted by atomic mass is 35.5. The van der Waals surface area contributed by atoms with Crippen molar-refractivity contribution >= 4 is 45.8 Å². The lowest BCUT2D eigenvalue weighted by Gasteiger charge is -2.08.